The third-order valence-corrected chi connectivity index (χ3v) is 6.81. The van der Waals surface area contributed by atoms with Crippen molar-refractivity contribution in [3.63, 3.8) is 0 Å². The zero-order valence-electron chi connectivity index (χ0n) is 20.4. The third-order valence-electron chi connectivity index (χ3n) is 5.88. The maximum atomic E-state index is 13.5. The van der Waals surface area contributed by atoms with Crippen LogP contribution in [0.25, 0.3) is 16.6 Å². The average Bonchev–Trinajstić information content (AvgIpc) is 3.15. The number of thioether (sulfide) groups is 1. The number of ether oxygens (including phenoxy) is 2. The van der Waals surface area contributed by atoms with Gasteiger partial charge >= 0.3 is 0 Å². The van der Waals surface area contributed by atoms with Gasteiger partial charge in [-0.25, -0.2) is 4.98 Å². The number of hydrogen-bond donors (Lipinski definition) is 0. The Kier molecular flexibility index (Phi) is 7.73. The van der Waals surface area contributed by atoms with Crippen LogP contribution in [0, 0.1) is 13.8 Å². The highest BCUT2D eigenvalue weighted by Gasteiger charge is 2.19. The van der Waals surface area contributed by atoms with Crippen molar-refractivity contribution >= 4 is 28.4 Å². The molecular formula is C27H29N3O4S. The minimum absolute atomic E-state index is 0.00702. The normalized spacial score (nSPS) is 11.2. The van der Waals surface area contributed by atoms with Gasteiger partial charge in [-0.3, -0.25) is 14.2 Å². The van der Waals surface area contributed by atoms with Gasteiger partial charge in [0.15, 0.2) is 10.9 Å². The van der Waals surface area contributed by atoms with E-state index in [0.717, 1.165) is 17.1 Å². The fourth-order valence-electron chi connectivity index (χ4n) is 4.11. The van der Waals surface area contributed by atoms with Gasteiger partial charge in [-0.15, -0.1) is 0 Å². The van der Waals surface area contributed by atoms with Gasteiger partial charge in [-0.2, -0.15) is 0 Å². The lowest BCUT2D eigenvalue weighted by atomic mass is 10.2. The molecule has 0 fully saturated rings. The Morgan fingerprint density at radius 2 is 1.83 bits per heavy atom. The number of carbonyl (C=O) groups is 1. The Labute approximate surface area is 208 Å². The molecule has 182 valence electrons. The molecule has 0 spiro atoms. The fraction of sp³-hybridized carbons (Fsp3) is 0.296. The molecule has 0 amide bonds. The lowest BCUT2D eigenvalue weighted by molar-refractivity contribution is 0.102. The molecule has 4 rings (SSSR count). The summed E-state index contributed by atoms with van der Waals surface area (Å²) in [6.45, 7) is 7.69. The van der Waals surface area contributed by atoms with Gasteiger partial charge in [0, 0.05) is 30.6 Å². The number of aryl methyl sites for hydroxylation is 1. The maximum Gasteiger partial charge on any atom is 0.266 e. The molecule has 0 aliphatic rings. The molecule has 8 heteroatoms. The summed E-state index contributed by atoms with van der Waals surface area (Å²) < 4.78 is 14.4. The second-order valence-electron chi connectivity index (χ2n) is 8.12. The van der Waals surface area contributed by atoms with E-state index in [2.05, 4.69) is 4.57 Å². The number of aromatic nitrogens is 3. The Morgan fingerprint density at radius 1 is 1.09 bits per heavy atom. The number of ketones is 1. The molecule has 2 aromatic heterocycles. The number of methoxy groups -OCH3 is 1. The highest BCUT2D eigenvalue weighted by Crippen LogP contribution is 2.25. The Bertz CT molecular complexity index is 1410. The Balaban J connectivity index is 1.68. The summed E-state index contributed by atoms with van der Waals surface area (Å²) in [5, 5.41) is 0.998. The molecule has 0 saturated heterocycles. The van der Waals surface area contributed by atoms with E-state index in [4.69, 9.17) is 14.5 Å². The molecule has 2 aromatic carbocycles. The van der Waals surface area contributed by atoms with Gasteiger partial charge in [-0.1, -0.05) is 23.9 Å². The van der Waals surface area contributed by atoms with Crippen molar-refractivity contribution in [2.45, 2.75) is 32.5 Å². The van der Waals surface area contributed by atoms with Crippen LogP contribution in [-0.2, 0) is 11.3 Å². The van der Waals surface area contributed by atoms with E-state index in [0.29, 0.717) is 47.1 Å². The average molecular weight is 492 g/mol. The largest absolute Gasteiger partial charge is 0.494 e. The van der Waals surface area contributed by atoms with Crippen molar-refractivity contribution in [3.8, 4) is 11.4 Å². The van der Waals surface area contributed by atoms with Crippen LogP contribution in [0.5, 0.6) is 5.75 Å². The van der Waals surface area contributed by atoms with Crippen LogP contribution in [-0.4, -0.2) is 46.0 Å². The van der Waals surface area contributed by atoms with Crippen LogP contribution < -0.4 is 10.3 Å². The van der Waals surface area contributed by atoms with E-state index in [9.17, 15) is 9.59 Å². The smallest absolute Gasteiger partial charge is 0.266 e. The molecule has 0 aliphatic carbocycles. The topological polar surface area (TPSA) is 75.3 Å². The second-order valence-corrected chi connectivity index (χ2v) is 9.06. The number of rotatable bonds is 10. The van der Waals surface area contributed by atoms with E-state index in [1.807, 2.05) is 69.3 Å². The first-order valence-electron chi connectivity index (χ1n) is 11.5. The van der Waals surface area contributed by atoms with Crippen LogP contribution in [0.1, 0.15) is 28.7 Å². The fourth-order valence-corrected chi connectivity index (χ4v) is 5.01. The van der Waals surface area contributed by atoms with E-state index in [-0.39, 0.29) is 17.1 Å². The van der Waals surface area contributed by atoms with Gasteiger partial charge in [0.25, 0.3) is 5.56 Å². The van der Waals surface area contributed by atoms with E-state index in [1.165, 1.54) is 11.8 Å². The van der Waals surface area contributed by atoms with Gasteiger partial charge in [-0.05, 0) is 63.2 Å². The number of benzene rings is 2. The summed E-state index contributed by atoms with van der Waals surface area (Å²) >= 11 is 1.27. The van der Waals surface area contributed by atoms with E-state index < -0.39 is 0 Å². The van der Waals surface area contributed by atoms with Gasteiger partial charge in [0.1, 0.15) is 5.75 Å². The lowest BCUT2D eigenvalue weighted by Crippen LogP contribution is -2.22. The van der Waals surface area contributed by atoms with Gasteiger partial charge in [0.2, 0.25) is 0 Å². The number of nitrogens with zero attached hydrogens (tertiary/aromatic N) is 3. The van der Waals surface area contributed by atoms with E-state index in [1.54, 1.807) is 17.7 Å². The molecule has 0 N–H and O–H groups in total. The first-order valence-corrected chi connectivity index (χ1v) is 12.5. The summed E-state index contributed by atoms with van der Waals surface area (Å²) in [5.74, 6) is 0.884. The quantitative estimate of drug-likeness (QED) is 0.180. The van der Waals surface area contributed by atoms with Gasteiger partial charge < -0.3 is 14.0 Å². The van der Waals surface area contributed by atoms with Crippen LogP contribution in [0.3, 0.4) is 0 Å². The summed E-state index contributed by atoms with van der Waals surface area (Å²) in [7, 11) is 1.66. The highest BCUT2D eigenvalue weighted by molar-refractivity contribution is 7.99. The van der Waals surface area contributed by atoms with Crippen molar-refractivity contribution in [1.82, 2.24) is 14.1 Å². The number of hydrogen-bond acceptors (Lipinski definition) is 6. The van der Waals surface area contributed by atoms with Gasteiger partial charge in [0.05, 0.1) is 35.6 Å². The van der Waals surface area contributed by atoms with Crippen LogP contribution in [0.4, 0.5) is 0 Å². The number of fused-ring (bicyclic) bond motifs is 1. The monoisotopic (exact) mass is 491 g/mol. The third kappa shape index (κ3) is 5.18. The minimum Gasteiger partial charge on any atom is -0.494 e. The summed E-state index contributed by atoms with van der Waals surface area (Å²) in [4.78, 5) is 31.4. The Hall–Kier alpha value is -3.36. The number of Topliss-reactive ketones (excluding diaryl/α,β-unsaturated/α-hetero) is 1. The molecule has 0 radical (unpaired) electrons. The molecule has 0 aliphatic heterocycles. The van der Waals surface area contributed by atoms with Crippen LogP contribution >= 0.6 is 11.8 Å². The SMILES string of the molecule is CCOc1ccc(-n2c(SCC(=O)c3cc(C)n(CCOC)c3C)nc3ccccc3c2=O)cc1. The molecule has 7 nitrogen and oxygen atoms in total. The summed E-state index contributed by atoms with van der Waals surface area (Å²) in [6.07, 6.45) is 0. The van der Waals surface area contributed by atoms with Crippen molar-refractivity contribution < 1.29 is 14.3 Å². The molecule has 35 heavy (non-hydrogen) atoms. The van der Waals surface area contributed by atoms with E-state index >= 15 is 0 Å². The molecule has 2 heterocycles. The summed E-state index contributed by atoms with van der Waals surface area (Å²) in [5.41, 5.74) is 3.72. The first-order chi connectivity index (χ1) is 16.9. The first kappa shape index (κ1) is 24.8. The number of carbonyl (C=O) groups excluding carboxylic acids is 1. The standard InChI is InChI=1S/C27H29N3O4S/c1-5-34-21-12-10-20(11-13-21)30-26(32)22-8-6-7-9-24(22)28-27(30)35-17-25(31)23-16-18(2)29(19(23)3)14-15-33-4/h6-13,16H,5,14-15,17H2,1-4H3. The molecule has 0 unspecified atom stereocenters. The zero-order valence-corrected chi connectivity index (χ0v) is 21.2. The maximum absolute atomic E-state index is 13.5. The van der Waals surface area contributed by atoms with Crippen LogP contribution in [0.15, 0.2) is 64.5 Å². The lowest BCUT2D eigenvalue weighted by Gasteiger charge is -2.14. The predicted octanol–water partition coefficient (Wildman–Crippen LogP) is 4.82. The Morgan fingerprint density at radius 3 is 2.54 bits per heavy atom. The zero-order chi connectivity index (χ0) is 24.9. The van der Waals surface area contributed by atoms with Crippen molar-refractivity contribution in [2.75, 3.05) is 26.1 Å². The second kappa shape index (κ2) is 10.9. The van der Waals surface area contributed by atoms with Crippen molar-refractivity contribution in [3.05, 3.63) is 81.9 Å². The van der Waals surface area contributed by atoms with Crippen molar-refractivity contribution in [2.24, 2.45) is 0 Å². The molecule has 0 bridgehead atoms. The van der Waals surface area contributed by atoms with Crippen molar-refractivity contribution in [1.29, 1.82) is 0 Å². The molecular weight excluding hydrogens is 462 g/mol. The number of para-hydroxylation sites is 1. The molecule has 0 saturated carbocycles. The van der Waals surface area contributed by atoms with Crippen LogP contribution in [0.2, 0.25) is 0 Å². The molecule has 4 aromatic rings. The molecule has 0 atom stereocenters. The highest BCUT2D eigenvalue weighted by atomic mass is 32.2. The summed E-state index contributed by atoms with van der Waals surface area (Å²) in [6, 6.07) is 16.5. The predicted molar refractivity (Wildman–Crippen MR) is 139 cm³/mol. The minimum atomic E-state index is -0.174.